The number of benzene rings is 1. The summed E-state index contributed by atoms with van der Waals surface area (Å²) in [5.74, 6) is 2.33. The lowest BCUT2D eigenvalue weighted by Crippen LogP contribution is -2.25. The highest BCUT2D eigenvalue weighted by atomic mass is 32.2. The van der Waals surface area contributed by atoms with Crippen LogP contribution >= 0.6 is 11.8 Å². The zero-order chi connectivity index (χ0) is 23.0. The molecule has 32 heavy (non-hydrogen) atoms. The van der Waals surface area contributed by atoms with E-state index in [9.17, 15) is 8.42 Å². The average molecular weight is 481 g/mol. The fraction of sp³-hybridized carbons (Fsp3) is 0.609. The third-order valence-electron chi connectivity index (χ3n) is 5.89. The number of hydrogen-bond acceptors (Lipinski definition) is 5. The lowest BCUT2D eigenvalue weighted by atomic mass is 9.98. The van der Waals surface area contributed by atoms with Crippen LogP contribution in [0, 0.1) is 0 Å². The number of hydrogen-bond donors (Lipinski definition) is 1. The molecule has 0 amide bonds. The van der Waals surface area contributed by atoms with E-state index in [0.717, 1.165) is 57.5 Å². The van der Waals surface area contributed by atoms with Crippen molar-refractivity contribution in [3.63, 3.8) is 0 Å². The van der Waals surface area contributed by atoms with Crippen LogP contribution in [0.3, 0.4) is 0 Å². The van der Waals surface area contributed by atoms with Crippen LogP contribution in [0.5, 0.6) is 0 Å². The summed E-state index contributed by atoms with van der Waals surface area (Å²) < 4.78 is 27.9. The SMILES string of the molecule is CCn1cc(SCCN=C2CCCN2C)c2ccccc21.NS(=O)(=O)OC1CCCCC1. The number of fused-ring (bicyclic) bond motifs is 1. The van der Waals surface area contributed by atoms with Crippen molar-refractivity contribution in [2.24, 2.45) is 10.1 Å². The fourth-order valence-electron chi connectivity index (χ4n) is 4.27. The Labute approximate surface area is 196 Å². The molecule has 1 saturated carbocycles. The van der Waals surface area contributed by atoms with E-state index < -0.39 is 10.3 Å². The Morgan fingerprint density at radius 2 is 1.94 bits per heavy atom. The number of aromatic nitrogens is 1. The lowest BCUT2D eigenvalue weighted by Gasteiger charge is -2.19. The van der Waals surface area contributed by atoms with Crippen molar-refractivity contribution in [2.75, 3.05) is 25.9 Å². The largest absolute Gasteiger partial charge is 0.363 e. The first-order valence-electron chi connectivity index (χ1n) is 11.5. The molecule has 2 aliphatic rings. The minimum Gasteiger partial charge on any atom is -0.363 e. The molecule has 178 valence electrons. The molecule has 2 aromatic rings. The number of nitrogens with two attached hydrogens (primary N) is 1. The van der Waals surface area contributed by atoms with Gasteiger partial charge in [0, 0.05) is 54.3 Å². The highest BCUT2D eigenvalue weighted by Crippen LogP contribution is 2.30. The van der Waals surface area contributed by atoms with Gasteiger partial charge in [-0.05, 0) is 32.3 Å². The van der Waals surface area contributed by atoms with Gasteiger partial charge in [0.1, 0.15) is 0 Å². The van der Waals surface area contributed by atoms with Gasteiger partial charge in [-0.25, -0.2) is 5.14 Å². The van der Waals surface area contributed by atoms with Crippen molar-refractivity contribution in [3.8, 4) is 0 Å². The highest BCUT2D eigenvalue weighted by Gasteiger charge is 2.18. The van der Waals surface area contributed by atoms with Gasteiger partial charge in [0.25, 0.3) is 0 Å². The number of likely N-dealkylation sites (tertiary alicyclic amines) is 1. The molecule has 0 bridgehead atoms. The van der Waals surface area contributed by atoms with E-state index in [1.54, 1.807) is 0 Å². The summed E-state index contributed by atoms with van der Waals surface area (Å²) in [6.45, 7) is 5.29. The number of thioether (sulfide) groups is 1. The molecule has 2 heterocycles. The maximum Gasteiger partial charge on any atom is 0.333 e. The van der Waals surface area contributed by atoms with Gasteiger partial charge in [-0.1, -0.05) is 37.5 Å². The molecule has 2 N–H and O–H groups in total. The van der Waals surface area contributed by atoms with Crippen LogP contribution in [0.25, 0.3) is 10.9 Å². The Balaban J connectivity index is 0.000000222. The van der Waals surface area contributed by atoms with Gasteiger partial charge in [0.2, 0.25) is 0 Å². The molecule has 1 aromatic carbocycles. The van der Waals surface area contributed by atoms with Gasteiger partial charge in [-0.15, -0.1) is 11.8 Å². The summed E-state index contributed by atoms with van der Waals surface area (Å²) in [5, 5.41) is 6.09. The molecule has 9 heteroatoms. The maximum atomic E-state index is 10.5. The van der Waals surface area contributed by atoms with E-state index in [2.05, 4.69) is 58.1 Å². The van der Waals surface area contributed by atoms with Gasteiger partial charge in [0.05, 0.1) is 18.5 Å². The second-order valence-corrected chi connectivity index (χ2v) is 10.6. The molecule has 7 nitrogen and oxygen atoms in total. The van der Waals surface area contributed by atoms with Crippen LogP contribution in [0.15, 0.2) is 40.4 Å². The van der Waals surface area contributed by atoms with Crippen LogP contribution in [-0.4, -0.2) is 55.7 Å². The van der Waals surface area contributed by atoms with Crippen molar-refractivity contribution >= 4 is 38.8 Å². The summed E-state index contributed by atoms with van der Waals surface area (Å²) in [6, 6.07) is 8.67. The van der Waals surface area contributed by atoms with E-state index >= 15 is 0 Å². The number of aliphatic imine (C=N–C) groups is 1. The second-order valence-electron chi connectivity index (χ2n) is 8.32. The van der Waals surface area contributed by atoms with Crippen molar-refractivity contribution in [2.45, 2.75) is 69.4 Å². The molecule has 1 aliphatic carbocycles. The predicted molar refractivity (Wildman–Crippen MR) is 134 cm³/mol. The Morgan fingerprint density at radius 3 is 2.59 bits per heavy atom. The predicted octanol–water partition coefficient (Wildman–Crippen LogP) is 4.42. The van der Waals surface area contributed by atoms with Gasteiger partial charge >= 0.3 is 10.3 Å². The molecular formula is C23H36N4O3S2. The summed E-state index contributed by atoms with van der Waals surface area (Å²) in [7, 11) is -1.58. The normalized spacial score (nSPS) is 18.8. The number of para-hydroxylation sites is 1. The third kappa shape index (κ3) is 7.50. The topological polar surface area (TPSA) is 89.9 Å². The van der Waals surface area contributed by atoms with E-state index in [1.807, 2.05) is 11.8 Å². The molecule has 2 fully saturated rings. The van der Waals surface area contributed by atoms with Crippen LogP contribution < -0.4 is 5.14 Å². The summed E-state index contributed by atoms with van der Waals surface area (Å²) in [6.07, 6.45) is 9.41. The zero-order valence-corrected chi connectivity index (χ0v) is 20.8. The Kier molecular flexibility index (Phi) is 9.46. The minimum absolute atomic E-state index is 0.168. The molecule has 1 saturated heterocycles. The highest BCUT2D eigenvalue weighted by molar-refractivity contribution is 7.99. The average Bonchev–Trinajstić information content (AvgIpc) is 3.34. The monoisotopic (exact) mass is 480 g/mol. The van der Waals surface area contributed by atoms with Crippen molar-refractivity contribution in [1.82, 2.24) is 9.47 Å². The minimum atomic E-state index is -3.72. The number of amidine groups is 1. The molecule has 0 atom stereocenters. The molecule has 1 aromatic heterocycles. The molecule has 4 rings (SSSR count). The van der Waals surface area contributed by atoms with E-state index in [4.69, 9.17) is 10.1 Å². The van der Waals surface area contributed by atoms with Gasteiger partial charge < -0.3 is 9.47 Å². The third-order valence-corrected chi connectivity index (χ3v) is 7.46. The van der Waals surface area contributed by atoms with Gasteiger partial charge in [-0.2, -0.15) is 8.42 Å². The quantitative estimate of drug-likeness (QED) is 0.468. The van der Waals surface area contributed by atoms with Crippen molar-refractivity contribution in [3.05, 3.63) is 30.5 Å². The van der Waals surface area contributed by atoms with Crippen molar-refractivity contribution < 1.29 is 12.6 Å². The Bertz CT molecular complexity index is 998. The van der Waals surface area contributed by atoms with Crippen LogP contribution in [0.2, 0.25) is 0 Å². The summed E-state index contributed by atoms with van der Waals surface area (Å²) in [4.78, 5) is 8.41. The first-order chi connectivity index (χ1) is 15.4. The Morgan fingerprint density at radius 1 is 1.19 bits per heavy atom. The number of rotatable bonds is 7. The Hall–Kier alpha value is -1.55. The van der Waals surface area contributed by atoms with Crippen LogP contribution in [0.1, 0.15) is 51.9 Å². The molecule has 1 aliphatic heterocycles. The smallest absolute Gasteiger partial charge is 0.333 e. The second kappa shape index (κ2) is 12.1. The van der Waals surface area contributed by atoms with Crippen LogP contribution in [-0.2, 0) is 21.0 Å². The van der Waals surface area contributed by atoms with Gasteiger partial charge in [0.15, 0.2) is 0 Å². The molecule has 0 radical (unpaired) electrons. The number of aryl methyl sites for hydroxylation is 1. The fourth-order valence-corrected chi connectivity index (χ4v) is 5.77. The maximum absolute atomic E-state index is 10.5. The van der Waals surface area contributed by atoms with Crippen LogP contribution in [0.4, 0.5) is 0 Å². The molecular weight excluding hydrogens is 444 g/mol. The van der Waals surface area contributed by atoms with E-state index in [1.165, 1.54) is 34.5 Å². The van der Waals surface area contributed by atoms with E-state index in [0.29, 0.717) is 0 Å². The first-order valence-corrected chi connectivity index (χ1v) is 14.0. The zero-order valence-electron chi connectivity index (χ0n) is 19.2. The van der Waals surface area contributed by atoms with Crippen molar-refractivity contribution in [1.29, 1.82) is 0 Å². The first kappa shape index (κ1) is 25.1. The van der Waals surface area contributed by atoms with Gasteiger partial charge in [-0.3, -0.25) is 9.18 Å². The van der Waals surface area contributed by atoms with E-state index in [-0.39, 0.29) is 6.10 Å². The summed E-state index contributed by atoms with van der Waals surface area (Å²) >= 11 is 1.92. The standard InChI is InChI=1S/C17H23N3S.C6H13NO3S/c1-3-20-13-16(14-7-4-5-8-15(14)20)21-12-10-18-17-9-6-11-19(17)2;7-11(8,9)10-6-4-2-1-3-5-6/h4-5,7-8,13H,3,6,9-12H2,1-2H3;6H,1-5H2,(H2,7,8,9). The summed E-state index contributed by atoms with van der Waals surface area (Å²) in [5.41, 5.74) is 1.34. The molecule has 0 unspecified atom stereocenters. The number of nitrogens with zero attached hydrogens (tertiary/aromatic N) is 3. The lowest BCUT2D eigenvalue weighted by molar-refractivity contribution is 0.162. The molecule has 0 spiro atoms.